The number of aromatic nitrogens is 3. The van der Waals surface area contributed by atoms with Crippen LogP contribution in [-0.2, 0) is 0 Å². The molecule has 2 aromatic heterocycles. The first kappa shape index (κ1) is 14.5. The van der Waals surface area contributed by atoms with E-state index < -0.39 is 11.9 Å². The van der Waals surface area contributed by atoms with Crippen LogP contribution < -0.4 is 22.5 Å². The summed E-state index contributed by atoms with van der Waals surface area (Å²) in [5.74, 6) is -1.18. The summed E-state index contributed by atoms with van der Waals surface area (Å²) in [7, 11) is 0. The molecule has 0 fully saturated rings. The number of aliphatic imine (C=N–C) groups is 1. The Balaban J connectivity index is 2.33. The van der Waals surface area contributed by atoms with Crippen molar-refractivity contribution >= 4 is 40.8 Å². The van der Waals surface area contributed by atoms with Crippen LogP contribution in [0.3, 0.4) is 0 Å². The second kappa shape index (κ2) is 6.01. The van der Waals surface area contributed by atoms with E-state index in [9.17, 15) is 4.79 Å². The van der Waals surface area contributed by atoms with Crippen LogP contribution in [0.2, 0.25) is 5.15 Å². The van der Waals surface area contributed by atoms with Gasteiger partial charge in [-0.1, -0.05) is 11.6 Å². The van der Waals surface area contributed by atoms with Crippen molar-refractivity contribution < 1.29 is 4.79 Å². The van der Waals surface area contributed by atoms with Crippen LogP contribution in [0.25, 0.3) is 0 Å². The van der Waals surface area contributed by atoms with E-state index in [2.05, 4.69) is 25.3 Å². The summed E-state index contributed by atoms with van der Waals surface area (Å²) in [6.07, 6.45) is 3.17. The lowest BCUT2D eigenvalue weighted by Crippen LogP contribution is -2.24. The molecule has 0 radical (unpaired) electrons. The van der Waals surface area contributed by atoms with E-state index in [1.807, 2.05) is 0 Å². The van der Waals surface area contributed by atoms with Gasteiger partial charge in [0.15, 0.2) is 28.4 Å². The molecule has 0 aromatic carbocycles. The fourth-order valence-corrected chi connectivity index (χ4v) is 1.58. The lowest BCUT2D eigenvalue weighted by atomic mass is 10.3. The Morgan fingerprint density at radius 1 is 1.24 bits per heavy atom. The first-order valence-corrected chi connectivity index (χ1v) is 5.99. The number of hydrogen-bond acceptors (Lipinski definition) is 6. The van der Waals surface area contributed by atoms with Gasteiger partial charge < -0.3 is 22.5 Å². The van der Waals surface area contributed by atoms with Crippen LogP contribution in [-0.4, -0.2) is 26.8 Å². The van der Waals surface area contributed by atoms with Crippen molar-refractivity contribution in [3.8, 4) is 0 Å². The van der Waals surface area contributed by atoms with Gasteiger partial charge in [0, 0.05) is 18.1 Å². The zero-order chi connectivity index (χ0) is 15.4. The van der Waals surface area contributed by atoms with Crippen LogP contribution in [0.4, 0.5) is 17.3 Å². The summed E-state index contributed by atoms with van der Waals surface area (Å²) in [6, 6.07) is 3.40. The smallest absolute Gasteiger partial charge is 0.302 e. The highest BCUT2D eigenvalue weighted by molar-refractivity contribution is 6.32. The van der Waals surface area contributed by atoms with Crippen molar-refractivity contribution in [2.45, 2.75) is 0 Å². The number of rotatable bonds is 3. The van der Waals surface area contributed by atoms with Crippen molar-refractivity contribution in [1.29, 1.82) is 0 Å². The van der Waals surface area contributed by atoms with Crippen LogP contribution in [0.1, 0.15) is 10.5 Å². The van der Waals surface area contributed by atoms with E-state index in [0.29, 0.717) is 5.69 Å². The van der Waals surface area contributed by atoms with Gasteiger partial charge >= 0.3 is 5.91 Å². The van der Waals surface area contributed by atoms with Crippen molar-refractivity contribution in [3.05, 3.63) is 35.4 Å². The van der Waals surface area contributed by atoms with Gasteiger partial charge in [-0.05, 0) is 12.1 Å². The molecule has 0 atom stereocenters. The number of nitrogen functional groups attached to an aromatic ring is 1. The second-order valence-corrected chi connectivity index (χ2v) is 4.16. The summed E-state index contributed by atoms with van der Waals surface area (Å²) in [5.41, 5.74) is 16.4. The van der Waals surface area contributed by atoms with E-state index in [-0.39, 0.29) is 22.5 Å². The fraction of sp³-hybridized carbons (Fsp3) is 0. The topological polar surface area (TPSA) is 158 Å². The minimum atomic E-state index is -0.822. The van der Waals surface area contributed by atoms with Gasteiger partial charge in [0.1, 0.15) is 0 Å². The zero-order valence-electron chi connectivity index (χ0n) is 10.6. The summed E-state index contributed by atoms with van der Waals surface area (Å²) in [5, 5.41) is 2.85. The molecule has 0 saturated heterocycles. The molecule has 0 bridgehead atoms. The van der Waals surface area contributed by atoms with Crippen molar-refractivity contribution in [1.82, 2.24) is 15.0 Å². The molecule has 2 rings (SSSR count). The predicted molar refractivity (Wildman–Crippen MR) is 79.1 cm³/mol. The number of amides is 1. The summed E-state index contributed by atoms with van der Waals surface area (Å²) < 4.78 is 0. The number of carbonyl (C=O) groups is 1. The number of hydrogen-bond donors (Lipinski definition) is 4. The molecule has 0 aliphatic rings. The highest BCUT2D eigenvalue weighted by atomic mass is 35.5. The number of anilines is 3. The SMILES string of the molecule is NC(N)=NC(=O)c1nc(Cl)c(Nc2ccncc2)nc1N. The molecular weight excluding hydrogens is 296 g/mol. The molecule has 7 N–H and O–H groups in total. The Labute approximate surface area is 124 Å². The first-order valence-electron chi connectivity index (χ1n) is 5.61. The molecule has 9 nitrogen and oxygen atoms in total. The number of pyridine rings is 1. The van der Waals surface area contributed by atoms with Crippen LogP contribution >= 0.6 is 11.6 Å². The average Bonchev–Trinajstić information content (AvgIpc) is 2.42. The molecule has 0 spiro atoms. The van der Waals surface area contributed by atoms with Crippen LogP contribution in [0.15, 0.2) is 29.5 Å². The number of nitrogens with two attached hydrogens (primary N) is 3. The maximum absolute atomic E-state index is 11.7. The summed E-state index contributed by atoms with van der Waals surface area (Å²) >= 11 is 5.96. The minimum Gasteiger partial charge on any atom is -0.382 e. The molecule has 10 heteroatoms. The lowest BCUT2D eigenvalue weighted by Gasteiger charge is -2.09. The number of nitrogens with one attached hydrogen (secondary N) is 1. The molecule has 2 aromatic rings. The normalized spacial score (nSPS) is 9.95. The van der Waals surface area contributed by atoms with Gasteiger partial charge in [-0.15, -0.1) is 0 Å². The molecule has 108 valence electrons. The Hall–Kier alpha value is -2.94. The van der Waals surface area contributed by atoms with Gasteiger partial charge in [0.25, 0.3) is 0 Å². The Morgan fingerprint density at radius 3 is 2.52 bits per heavy atom. The molecule has 0 aliphatic heterocycles. The fourth-order valence-electron chi connectivity index (χ4n) is 1.41. The second-order valence-electron chi connectivity index (χ2n) is 3.80. The van der Waals surface area contributed by atoms with E-state index >= 15 is 0 Å². The maximum atomic E-state index is 11.7. The highest BCUT2D eigenvalue weighted by Crippen LogP contribution is 2.24. The monoisotopic (exact) mass is 306 g/mol. The van der Waals surface area contributed by atoms with Crippen molar-refractivity contribution in [2.75, 3.05) is 11.1 Å². The molecule has 0 saturated carbocycles. The van der Waals surface area contributed by atoms with E-state index in [1.165, 1.54) is 0 Å². The van der Waals surface area contributed by atoms with Gasteiger partial charge in [0.2, 0.25) is 0 Å². The molecule has 1 amide bonds. The molecular formula is C11H11ClN8O. The average molecular weight is 307 g/mol. The Morgan fingerprint density at radius 2 is 1.90 bits per heavy atom. The third-order valence-electron chi connectivity index (χ3n) is 2.26. The largest absolute Gasteiger partial charge is 0.382 e. The van der Waals surface area contributed by atoms with E-state index in [4.69, 9.17) is 28.8 Å². The van der Waals surface area contributed by atoms with Gasteiger partial charge in [-0.2, -0.15) is 4.99 Å². The summed E-state index contributed by atoms with van der Waals surface area (Å²) in [4.78, 5) is 26.7. The number of guanidine groups is 1. The Kier molecular flexibility index (Phi) is 4.14. The van der Waals surface area contributed by atoms with Gasteiger partial charge in [-0.25, -0.2) is 9.97 Å². The molecule has 21 heavy (non-hydrogen) atoms. The molecule has 0 unspecified atom stereocenters. The minimum absolute atomic E-state index is 0.0462. The number of carbonyl (C=O) groups excluding carboxylic acids is 1. The summed E-state index contributed by atoms with van der Waals surface area (Å²) in [6.45, 7) is 0. The Bertz CT molecular complexity index is 699. The van der Waals surface area contributed by atoms with Crippen molar-refractivity contribution in [2.24, 2.45) is 16.5 Å². The maximum Gasteiger partial charge on any atom is 0.302 e. The van der Waals surface area contributed by atoms with Crippen molar-refractivity contribution in [3.63, 3.8) is 0 Å². The third kappa shape index (κ3) is 3.54. The molecule has 2 heterocycles. The first-order chi connectivity index (χ1) is 9.97. The number of nitrogens with zero attached hydrogens (tertiary/aromatic N) is 4. The highest BCUT2D eigenvalue weighted by Gasteiger charge is 2.16. The number of halogens is 1. The molecule has 0 aliphatic carbocycles. The van der Waals surface area contributed by atoms with Crippen LogP contribution in [0.5, 0.6) is 0 Å². The lowest BCUT2D eigenvalue weighted by molar-refractivity contribution is 0.0998. The third-order valence-corrected chi connectivity index (χ3v) is 2.52. The standard InChI is InChI=1S/C11H11ClN8O/c12-7-9(17-5-1-3-16-4-2-5)19-8(13)6(18-7)10(21)20-11(14)15/h1-4H,(H3,13,16,17,19)(H4,14,15,20,21). The van der Waals surface area contributed by atoms with Gasteiger partial charge in [0.05, 0.1) is 0 Å². The van der Waals surface area contributed by atoms with E-state index in [1.54, 1.807) is 24.5 Å². The zero-order valence-corrected chi connectivity index (χ0v) is 11.4. The van der Waals surface area contributed by atoms with Gasteiger partial charge in [-0.3, -0.25) is 9.78 Å². The quantitative estimate of drug-likeness (QED) is 0.464. The van der Waals surface area contributed by atoms with E-state index in [0.717, 1.165) is 0 Å². The predicted octanol–water partition coefficient (Wildman–Crippen LogP) is 0.264. The van der Waals surface area contributed by atoms with Crippen LogP contribution in [0, 0.1) is 0 Å².